The molecule has 124 valence electrons. The minimum Gasteiger partial charge on any atom is -0.454 e. The van der Waals surface area contributed by atoms with Crippen LogP contribution in [0.2, 0.25) is 0 Å². The van der Waals surface area contributed by atoms with Gasteiger partial charge in [-0.1, -0.05) is 6.92 Å². The van der Waals surface area contributed by atoms with Crippen molar-refractivity contribution >= 4 is 11.7 Å². The van der Waals surface area contributed by atoms with Crippen LogP contribution in [0.5, 0.6) is 11.5 Å². The molecule has 0 aromatic heterocycles. The zero-order valence-corrected chi connectivity index (χ0v) is 13.7. The topological polar surface area (TPSA) is 59.1 Å². The van der Waals surface area contributed by atoms with Gasteiger partial charge in [0.25, 0.3) is 0 Å². The number of likely N-dealkylation sites (N-methyl/N-ethyl adjacent to an activating group) is 1. The number of ketones is 1. The average Bonchev–Trinajstić information content (AvgIpc) is 2.99. The number of amides is 1. The summed E-state index contributed by atoms with van der Waals surface area (Å²) >= 11 is 0. The predicted octanol–water partition coefficient (Wildman–Crippen LogP) is 1.40. The molecule has 0 radical (unpaired) electrons. The van der Waals surface area contributed by atoms with Crippen LogP contribution in [0.4, 0.5) is 0 Å². The van der Waals surface area contributed by atoms with Gasteiger partial charge in [-0.15, -0.1) is 0 Å². The molecule has 6 nitrogen and oxygen atoms in total. The van der Waals surface area contributed by atoms with E-state index in [-0.39, 0.29) is 24.4 Å². The lowest BCUT2D eigenvalue weighted by atomic mass is 9.96. The summed E-state index contributed by atoms with van der Waals surface area (Å²) in [5.41, 5.74) is 0.533. The summed E-state index contributed by atoms with van der Waals surface area (Å²) in [4.78, 5) is 28.9. The lowest BCUT2D eigenvalue weighted by Gasteiger charge is -2.40. The van der Waals surface area contributed by atoms with E-state index in [4.69, 9.17) is 9.47 Å². The van der Waals surface area contributed by atoms with Gasteiger partial charge in [-0.25, -0.2) is 0 Å². The Bertz CT molecular complexity index is 625. The first kappa shape index (κ1) is 15.8. The van der Waals surface area contributed by atoms with Gasteiger partial charge in [0.1, 0.15) is 0 Å². The monoisotopic (exact) mass is 318 g/mol. The molecule has 1 amide bonds. The van der Waals surface area contributed by atoms with Crippen molar-refractivity contribution in [1.82, 2.24) is 9.80 Å². The van der Waals surface area contributed by atoms with Gasteiger partial charge in [-0.3, -0.25) is 9.59 Å². The van der Waals surface area contributed by atoms with Gasteiger partial charge in [-0.2, -0.15) is 0 Å². The number of Topliss-reactive ketones (excluding diaryl/α,β-unsaturated/α-hetero) is 1. The summed E-state index contributed by atoms with van der Waals surface area (Å²) in [6, 6.07) is 4.63. The number of rotatable bonds is 5. The molecule has 1 atom stereocenters. The fourth-order valence-electron chi connectivity index (χ4n) is 2.93. The standard InChI is InChI=1S/C17H22N2O4/c1-4-19-8-13(9-19)17(21)18(3)11(2)16(20)12-5-6-14-15(7-12)23-10-22-14/h5-7,11,13H,4,8-10H2,1-3H3. The van der Waals surface area contributed by atoms with Gasteiger partial charge in [0, 0.05) is 25.7 Å². The van der Waals surface area contributed by atoms with Crippen LogP contribution in [-0.2, 0) is 4.79 Å². The van der Waals surface area contributed by atoms with Crippen LogP contribution in [-0.4, -0.2) is 61.0 Å². The highest BCUT2D eigenvalue weighted by molar-refractivity contribution is 6.02. The second-order valence-electron chi connectivity index (χ2n) is 6.11. The number of benzene rings is 1. The fraction of sp³-hybridized carbons (Fsp3) is 0.529. The maximum absolute atomic E-state index is 12.6. The molecule has 0 N–H and O–H groups in total. The average molecular weight is 318 g/mol. The number of hydrogen-bond acceptors (Lipinski definition) is 5. The Hall–Kier alpha value is -2.08. The molecule has 0 aliphatic carbocycles. The highest BCUT2D eigenvalue weighted by Gasteiger charge is 2.36. The minimum absolute atomic E-state index is 0.00644. The Morgan fingerprint density at radius 2 is 2.00 bits per heavy atom. The molecular weight excluding hydrogens is 296 g/mol. The third-order valence-electron chi connectivity index (χ3n) is 4.72. The third-order valence-corrected chi connectivity index (χ3v) is 4.72. The Balaban J connectivity index is 1.66. The fourth-order valence-corrected chi connectivity index (χ4v) is 2.93. The van der Waals surface area contributed by atoms with E-state index in [0.717, 1.165) is 19.6 Å². The third kappa shape index (κ3) is 2.91. The van der Waals surface area contributed by atoms with Gasteiger partial charge >= 0.3 is 0 Å². The van der Waals surface area contributed by atoms with Crippen molar-refractivity contribution in [3.8, 4) is 11.5 Å². The van der Waals surface area contributed by atoms with E-state index in [0.29, 0.717) is 17.1 Å². The number of ether oxygens (including phenoxy) is 2. The van der Waals surface area contributed by atoms with Crippen LogP contribution in [0.25, 0.3) is 0 Å². The van der Waals surface area contributed by atoms with E-state index in [9.17, 15) is 9.59 Å². The van der Waals surface area contributed by atoms with Crippen molar-refractivity contribution in [3.63, 3.8) is 0 Å². The highest BCUT2D eigenvalue weighted by atomic mass is 16.7. The summed E-state index contributed by atoms with van der Waals surface area (Å²) in [6.45, 7) is 6.54. The molecule has 1 aromatic carbocycles. The number of nitrogens with zero attached hydrogens (tertiary/aromatic N) is 2. The van der Waals surface area contributed by atoms with E-state index in [1.165, 1.54) is 0 Å². The first-order valence-corrected chi connectivity index (χ1v) is 7.94. The number of fused-ring (bicyclic) bond motifs is 1. The van der Waals surface area contributed by atoms with Gasteiger partial charge in [0.2, 0.25) is 12.7 Å². The van der Waals surface area contributed by atoms with Gasteiger partial charge < -0.3 is 19.3 Å². The Morgan fingerprint density at radius 1 is 1.30 bits per heavy atom. The van der Waals surface area contributed by atoms with Crippen LogP contribution < -0.4 is 9.47 Å². The molecule has 0 spiro atoms. The Morgan fingerprint density at radius 3 is 2.70 bits per heavy atom. The first-order chi connectivity index (χ1) is 11.0. The van der Waals surface area contributed by atoms with Crippen molar-refractivity contribution in [2.75, 3.05) is 33.5 Å². The maximum Gasteiger partial charge on any atom is 0.231 e. The van der Waals surface area contributed by atoms with Crippen molar-refractivity contribution in [2.45, 2.75) is 19.9 Å². The van der Waals surface area contributed by atoms with E-state index < -0.39 is 6.04 Å². The van der Waals surface area contributed by atoms with Gasteiger partial charge in [-0.05, 0) is 31.7 Å². The van der Waals surface area contributed by atoms with Crippen molar-refractivity contribution < 1.29 is 19.1 Å². The van der Waals surface area contributed by atoms with E-state index >= 15 is 0 Å². The Kier molecular flexibility index (Phi) is 4.26. The van der Waals surface area contributed by atoms with Crippen LogP contribution in [0.3, 0.4) is 0 Å². The smallest absolute Gasteiger partial charge is 0.231 e. The molecule has 2 aliphatic heterocycles. The second-order valence-corrected chi connectivity index (χ2v) is 6.11. The van der Waals surface area contributed by atoms with Crippen LogP contribution in [0.1, 0.15) is 24.2 Å². The van der Waals surface area contributed by atoms with Crippen LogP contribution >= 0.6 is 0 Å². The first-order valence-electron chi connectivity index (χ1n) is 7.94. The molecule has 2 aliphatic rings. The second kappa shape index (κ2) is 6.20. The summed E-state index contributed by atoms with van der Waals surface area (Å²) in [7, 11) is 1.70. The van der Waals surface area contributed by atoms with Gasteiger partial charge in [0.05, 0.1) is 12.0 Å². The summed E-state index contributed by atoms with van der Waals surface area (Å²) in [5, 5.41) is 0. The maximum atomic E-state index is 12.6. The van der Waals surface area contributed by atoms with Gasteiger partial charge in [0.15, 0.2) is 17.3 Å². The molecule has 0 saturated carbocycles. The lowest BCUT2D eigenvalue weighted by Crippen LogP contribution is -2.55. The summed E-state index contributed by atoms with van der Waals surface area (Å²) in [5.74, 6) is 1.18. The molecule has 0 bridgehead atoms. The predicted molar refractivity (Wildman–Crippen MR) is 84.7 cm³/mol. The molecular formula is C17H22N2O4. The normalized spacial score (nSPS) is 18.4. The zero-order chi connectivity index (χ0) is 16.6. The molecule has 3 rings (SSSR count). The number of hydrogen-bond donors (Lipinski definition) is 0. The van der Waals surface area contributed by atoms with Crippen LogP contribution in [0, 0.1) is 5.92 Å². The molecule has 1 fully saturated rings. The Labute approximate surface area is 136 Å². The SMILES string of the molecule is CCN1CC(C(=O)N(C)C(C)C(=O)c2ccc3c(c2)OCO3)C1. The molecule has 1 saturated heterocycles. The molecule has 2 heterocycles. The summed E-state index contributed by atoms with van der Waals surface area (Å²) < 4.78 is 10.6. The van der Waals surface area contributed by atoms with Crippen molar-refractivity contribution in [3.05, 3.63) is 23.8 Å². The van der Waals surface area contributed by atoms with E-state index in [1.807, 2.05) is 0 Å². The number of carbonyl (C=O) groups is 2. The summed E-state index contributed by atoms with van der Waals surface area (Å²) in [6.07, 6.45) is 0. The number of carbonyl (C=O) groups excluding carboxylic acids is 2. The largest absolute Gasteiger partial charge is 0.454 e. The molecule has 1 unspecified atom stereocenters. The quantitative estimate of drug-likeness (QED) is 0.768. The van der Waals surface area contributed by atoms with Crippen molar-refractivity contribution in [2.24, 2.45) is 5.92 Å². The molecule has 23 heavy (non-hydrogen) atoms. The van der Waals surface area contributed by atoms with E-state index in [2.05, 4.69) is 11.8 Å². The van der Waals surface area contributed by atoms with Crippen LogP contribution in [0.15, 0.2) is 18.2 Å². The molecule has 6 heteroatoms. The van der Waals surface area contributed by atoms with Crippen molar-refractivity contribution in [1.29, 1.82) is 0 Å². The van der Waals surface area contributed by atoms with E-state index in [1.54, 1.807) is 37.1 Å². The zero-order valence-electron chi connectivity index (χ0n) is 13.7. The molecule has 1 aromatic rings. The number of likely N-dealkylation sites (tertiary alicyclic amines) is 1. The lowest BCUT2D eigenvalue weighted by molar-refractivity contribution is -0.140. The highest BCUT2D eigenvalue weighted by Crippen LogP contribution is 2.33. The minimum atomic E-state index is -0.501.